The Morgan fingerprint density at radius 3 is 2.29 bits per heavy atom. The molecule has 10 heteroatoms. The van der Waals surface area contributed by atoms with Crippen molar-refractivity contribution in [3.8, 4) is 0 Å². The largest absolute Gasteiger partial charge is 0.401 e. The van der Waals surface area contributed by atoms with Crippen molar-refractivity contribution in [1.82, 2.24) is 9.80 Å². The molecule has 2 fully saturated rings. The lowest BCUT2D eigenvalue weighted by atomic mass is 9.93. The van der Waals surface area contributed by atoms with Crippen molar-refractivity contribution in [3.05, 3.63) is 60.2 Å². The van der Waals surface area contributed by atoms with Crippen molar-refractivity contribution < 1.29 is 21.6 Å². The Labute approximate surface area is 199 Å². The van der Waals surface area contributed by atoms with E-state index in [2.05, 4.69) is 21.9 Å². The molecule has 186 valence electrons. The summed E-state index contributed by atoms with van der Waals surface area (Å²) in [5, 5.41) is 5.32. The molecule has 2 aliphatic heterocycles. The number of benzene rings is 2. The Kier molecular flexibility index (Phi) is 7.51. The number of halogens is 3. The fourth-order valence-corrected chi connectivity index (χ4v) is 5.59. The van der Waals surface area contributed by atoms with Crippen LogP contribution < -0.4 is 10.0 Å². The van der Waals surface area contributed by atoms with Gasteiger partial charge in [-0.3, -0.25) is 9.80 Å². The highest BCUT2D eigenvalue weighted by Gasteiger charge is 2.34. The van der Waals surface area contributed by atoms with Crippen molar-refractivity contribution in [1.29, 1.82) is 0 Å². The lowest BCUT2D eigenvalue weighted by molar-refractivity contribution is -0.148. The van der Waals surface area contributed by atoms with E-state index in [1.54, 1.807) is 12.1 Å². The summed E-state index contributed by atoms with van der Waals surface area (Å²) < 4.78 is 61.8. The number of sulfonamides is 1. The zero-order valence-corrected chi connectivity index (χ0v) is 19.8. The van der Waals surface area contributed by atoms with Crippen molar-refractivity contribution in [2.45, 2.75) is 30.0 Å². The summed E-state index contributed by atoms with van der Waals surface area (Å²) in [6.45, 7) is 3.14. The summed E-state index contributed by atoms with van der Waals surface area (Å²) >= 11 is 0. The van der Waals surface area contributed by atoms with Crippen LogP contribution in [-0.2, 0) is 10.0 Å². The molecule has 0 unspecified atom stereocenters. The number of primary sulfonamides is 1. The minimum atomic E-state index is -4.15. The monoisotopic (exact) mass is 496 g/mol. The zero-order valence-electron chi connectivity index (χ0n) is 19.0. The molecule has 2 saturated heterocycles. The van der Waals surface area contributed by atoms with E-state index in [9.17, 15) is 21.6 Å². The second-order valence-corrected chi connectivity index (χ2v) is 10.8. The van der Waals surface area contributed by atoms with Crippen LogP contribution >= 0.6 is 0 Å². The maximum absolute atomic E-state index is 12.7. The van der Waals surface area contributed by atoms with Gasteiger partial charge in [0.25, 0.3) is 0 Å². The Morgan fingerprint density at radius 1 is 0.941 bits per heavy atom. The number of nitrogens with zero attached hydrogens (tertiary/aromatic N) is 3. The second kappa shape index (κ2) is 10.2. The van der Waals surface area contributed by atoms with E-state index in [-0.39, 0.29) is 10.9 Å². The van der Waals surface area contributed by atoms with Crippen LogP contribution in [0.25, 0.3) is 0 Å². The lowest BCUT2D eigenvalue weighted by Crippen LogP contribution is -2.51. The van der Waals surface area contributed by atoms with Crippen molar-refractivity contribution in [2.75, 3.05) is 50.7 Å². The molecule has 2 aromatic rings. The van der Waals surface area contributed by atoms with Gasteiger partial charge in [-0.1, -0.05) is 36.4 Å². The fourth-order valence-electron chi connectivity index (χ4n) is 5.03. The Balaban J connectivity index is 1.46. The molecule has 0 bridgehead atoms. The van der Waals surface area contributed by atoms with Gasteiger partial charge in [0.05, 0.1) is 17.5 Å². The Morgan fingerprint density at radius 2 is 1.65 bits per heavy atom. The number of alkyl halides is 3. The maximum Gasteiger partial charge on any atom is 0.401 e. The second-order valence-electron chi connectivity index (χ2n) is 9.24. The van der Waals surface area contributed by atoms with E-state index in [0.29, 0.717) is 25.6 Å². The van der Waals surface area contributed by atoms with Gasteiger partial charge < -0.3 is 4.90 Å². The smallest absolute Gasteiger partial charge is 0.368 e. The van der Waals surface area contributed by atoms with E-state index >= 15 is 0 Å². The molecule has 0 spiro atoms. The molecule has 34 heavy (non-hydrogen) atoms. The van der Waals surface area contributed by atoms with Crippen LogP contribution in [0.15, 0.2) is 59.5 Å². The molecule has 2 heterocycles. The van der Waals surface area contributed by atoms with E-state index in [1.165, 1.54) is 16.5 Å². The molecule has 2 N–H and O–H groups in total. The van der Waals surface area contributed by atoms with Gasteiger partial charge in [-0.2, -0.15) is 13.2 Å². The van der Waals surface area contributed by atoms with Gasteiger partial charge in [0.1, 0.15) is 0 Å². The highest BCUT2D eigenvalue weighted by atomic mass is 32.2. The zero-order chi connectivity index (χ0) is 24.3. The molecule has 2 aromatic carbocycles. The average molecular weight is 497 g/mol. The maximum atomic E-state index is 12.7. The van der Waals surface area contributed by atoms with Gasteiger partial charge in [0.15, 0.2) is 0 Å². The molecular weight excluding hydrogens is 465 g/mol. The third kappa shape index (κ3) is 6.50. The number of piperazine rings is 1. The number of hydrogen-bond acceptors (Lipinski definition) is 5. The van der Waals surface area contributed by atoms with Crippen molar-refractivity contribution in [3.63, 3.8) is 0 Å². The Bertz CT molecular complexity index is 1060. The molecule has 0 aromatic heterocycles. The van der Waals surface area contributed by atoms with Crippen LogP contribution in [0.4, 0.5) is 18.9 Å². The first-order valence-corrected chi connectivity index (χ1v) is 13.1. The number of piperidine rings is 1. The first kappa shape index (κ1) is 25.0. The SMILES string of the molecule is NS(=O)(=O)c1cccc(N2CCN(CC3CCN(CC(F)(F)F)CC3)[C@H](c3ccccc3)C2)c1. The molecule has 0 amide bonds. The summed E-state index contributed by atoms with van der Waals surface area (Å²) in [6, 6.07) is 17.0. The number of hydrogen-bond donors (Lipinski definition) is 1. The summed E-state index contributed by atoms with van der Waals surface area (Å²) in [7, 11) is -3.79. The fraction of sp³-hybridized carbons (Fsp3) is 0.500. The van der Waals surface area contributed by atoms with Crippen molar-refractivity contribution >= 4 is 15.7 Å². The van der Waals surface area contributed by atoms with E-state index in [4.69, 9.17) is 5.14 Å². The van der Waals surface area contributed by atoms with Crippen LogP contribution in [0.5, 0.6) is 0 Å². The standard InChI is InChI=1S/C24H31F3N4O2S/c25-24(26,27)18-29-11-9-19(10-12-29)16-31-14-13-30(17-23(31)20-5-2-1-3-6-20)21-7-4-8-22(15-21)34(28,32)33/h1-8,15,19,23H,9-14,16-18H2,(H2,28,32,33)/t23-/m0/s1. The molecular formula is C24H31F3N4O2S. The Hall–Kier alpha value is -2.14. The number of likely N-dealkylation sites (tertiary alicyclic amines) is 1. The van der Waals surface area contributed by atoms with Gasteiger partial charge in [-0.25, -0.2) is 13.6 Å². The summed E-state index contributed by atoms with van der Waals surface area (Å²) in [4.78, 5) is 6.20. The molecule has 2 aliphatic rings. The topological polar surface area (TPSA) is 69.9 Å². The third-order valence-corrected chi connectivity index (χ3v) is 7.70. The van der Waals surface area contributed by atoms with E-state index < -0.39 is 22.7 Å². The summed E-state index contributed by atoms with van der Waals surface area (Å²) in [5.74, 6) is 0.355. The highest BCUT2D eigenvalue weighted by Crippen LogP contribution is 2.32. The molecule has 0 aliphatic carbocycles. The van der Waals surface area contributed by atoms with Gasteiger partial charge in [0, 0.05) is 31.9 Å². The number of anilines is 1. The van der Waals surface area contributed by atoms with Gasteiger partial charge in [-0.05, 0) is 55.6 Å². The summed E-state index contributed by atoms with van der Waals surface area (Å²) in [5.41, 5.74) is 1.98. The van der Waals surface area contributed by atoms with E-state index in [0.717, 1.165) is 38.2 Å². The number of nitrogens with two attached hydrogens (primary N) is 1. The van der Waals surface area contributed by atoms with E-state index in [1.807, 2.05) is 24.3 Å². The first-order chi connectivity index (χ1) is 16.1. The lowest BCUT2D eigenvalue weighted by Gasteiger charge is -2.45. The highest BCUT2D eigenvalue weighted by molar-refractivity contribution is 7.89. The normalized spacial score (nSPS) is 21.6. The minimum Gasteiger partial charge on any atom is -0.368 e. The van der Waals surface area contributed by atoms with Crippen LogP contribution in [-0.4, -0.2) is 70.2 Å². The third-order valence-electron chi connectivity index (χ3n) is 6.79. The van der Waals surface area contributed by atoms with Gasteiger partial charge in [0.2, 0.25) is 10.0 Å². The minimum absolute atomic E-state index is 0.0920. The molecule has 4 rings (SSSR count). The van der Waals surface area contributed by atoms with Crippen molar-refractivity contribution in [2.24, 2.45) is 11.1 Å². The van der Waals surface area contributed by atoms with Gasteiger partial charge in [-0.15, -0.1) is 0 Å². The average Bonchev–Trinajstić information content (AvgIpc) is 2.80. The van der Waals surface area contributed by atoms with Crippen LogP contribution in [0, 0.1) is 5.92 Å². The molecule has 6 nitrogen and oxygen atoms in total. The predicted molar refractivity (Wildman–Crippen MR) is 126 cm³/mol. The van der Waals surface area contributed by atoms with Crippen LogP contribution in [0.1, 0.15) is 24.4 Å². The molecule has 1 atom stereocenters. The quantitative estimate of drug-likeness (QED) is 0.663. The number of rotatable bonds is 6. The van der Waals surface area contributed by atoms with Gasteiger partial charge >= 0.3 is 6.18 Å². The first-order valence-electron chi connectivity index (χ1n) is 11.5. The van der Waals surface area contributed by atoms with Crippen LogP contribution in [0.3, 0.4) is 0 Å². The predicted octanol–water partition coefficient (Wildman–Crippen LogP) is 3.47. The molecule has 0 saturated carbocycles. The van der Waals surface area contributed by atoms with Crippen LogP contribution in [0.2, 0.25) is 0 Å². The summed E-state index contributed by atoms with van der Waals surface area (Å²) in [6.07, 6.45) is -2.63. The molecule has 0 radical (unpaired) electrons.